The molecule has 0 atom stereocenters. The first-order valence-corrected chi connectivity index (χ1v) is 7.94. The zero-order valence-corrected chi connectivity index (χ0v) is 15.0. The van der Waals surface area contributed by atoms with Crippen molar-refractivity contribution in [2.75, 3.05) is 6.54 Å². The average Bonchev–Trinajstić information content (AvgIpc) is 3.18. The number of amides is 1. The maximum absolute atomic E-state index is 12.4. The van der Waals surface area contributed by atoms with Crippen molar-refractivity contribution in [3.8, 4) is 10.7 Å². The second-order valence-corrected chi connectivity index (χ2v) is 6.42. The maximum Gasteiger partial charge on any atom is 0.263 e. The predicted octanol–water partition coefficient (Wildman–Crippen LogP) is 3.05. The quantitative estimate of drug-likeness (QED) is 0.861. The first-order valence-electron chi connectivity index (χ1n) is 7.12. The van der Waals surface area contributed by atoms with Gasteiger partial charge in [0.1, 0.15) is 9.88 Å². The number of rotatable bonds is 4. The van der Waals surface area contributed by atoms with E-state index in [4.69, 9.17) is 5.73 Å². The van der Waals surface area contributed by atoms with Crippen LogP contribution in [0.3, 0.4) is 0 Å². The monoisotopic (exact) mass is 374 g/mol. The van der Waals surface area contributed by atoms with Gasteiger partial charge in [0.15, 0.2) is 0 Å². The van der Waals surface area contributed by atoms with Crippen molar-refractivity contribution in [2.24, 2.45) is 5.73 Å². The highest BCUT2D eigenvalue weighted by atomic mass is 35.5. The van der Waals surface area contributed by atoms with Crippen LogP contribution in [0, 0.1) is 0 Å². The maximum atomic E-state index is 12.4. The van der Waals surface area contributed by atoms with Gasteiger partial charge in [-0.25, -0.2) is 4.98 Å². The van der Waals surface area contributed by atoms with E-state index in [-0.39, 0.29) is 36.3 Å². The Kier molecular flexibility index (Phi) is 7.41. The third kappa shape index (κ3) is 4.41. The van der Waals surface area contributed by atoms with E-state index >= 15 is 0 Å². The Morgan fingerprint density at radius 2 is 2.00 bits per heavy atom. The number of nitrogens with two attached hydrogens (primary N) is 1. The van der Waals surface area contributed by atoms with Crippen molar-refractivity contribution in [3.63, 3.8) is 0 Å². The molecule has 0 radical (unpaired) electrons. The number of carbonyl (C=O) groups excluding carboxylic acids is 1. The summed E-state index contributed by atoms with van der Waals surface area (Å²) in [6.07, 6.45) is 7.50. The first kappa shape index (κ1) is 19.8. The summed E-state index contributed by atoms with van der Waals surface area (Å²) in [5, 5.41) is 3.87. The van der Waals surface area contributed by atoms with Gasteiger partial charge in [-0.3, -0.25) is 9.78 Å². The standard InChI is InChI=1S/C15H18N4OS.2ClH/c16-10-15(6-2-3-7-15)19-13(20)12-9-18-14(21-12)11-5-1-4-8-17-11;;/h1,4-5,8-9H,2-3,6-7,10,16H2,(H,19,20);2*1H. The number of thiazole rings is 1. The molecule has 1 aliphatic carbocycles. The molecule has 1 saturated carbocycles. The Morgan fingerprint density at radius 3 is 2.61 bits per heavy atom. The fraction of sp³-hybridized carbons (Fsp3) is 0.400. The van der Waals surface area contributed by atoms with Crippen LogP contribution in [0.15, 0.2) is 30.6 Å². The van der Waals surface area contributed by atoms with Crippen molar-refractivity contribution in [1.82, 2.24) is 15.3 Å². The highest BCUT2D eigenvalue weighted by Crippen LogP contribution is 2.30. The number of hydrogen-bond acceptors (Lipinski definition) is 5. The highest BCUT2D eigenvalue weighted by molar-refractivity contribution is 7.16. The van der Waals surface area contributed by atoms with Crippen LogP contribution in [-0.4, -0.2) is 28.0 Å². The molecule has 126 valence electrons. The zero-order valence-electron chi connectivity index (χ0n) is 12.5. The van der Waals surface area contributed by atoms with Crippen LogP contribution >= 0.6 is 36.2 Å². The Balaban J connectivity index is 0.00000132. The summed E-state index contributed by atoms with van der Waals surface area (Å²) < 4.78 is 0. The van der Waals surface area contributed by atoms with Crippen molar-refractivity contribution in [2.45, 2.75) is 31.2 Å². The third-order valence-electron chi connectivity index (χ3n) is 3.94. The molecule has 2 aromatic heterocycles. The van der Waals surface area contributed by atoms with Crippen molar-refractivity contribution in [3.05, 3.63) is 35.5 Å². The highest BCUT2D eigenvalue weighted by Gasteiger charge is 2.34. The second kappa shape index (κ2) is 8.59. The average molecular weight is 375 g/mol. The molecule has 0 saturated heterocycles. The van der Waals surface area contributed by atoms with Crippen LogP contribution in [0.5, 0.6) is 0 Å². The minimum Gasteiger partial charge on any atom is -0.345 e. The number of pyridine rings is 1. The van der Waals surface area contributed by atoms with E-state index in [1.807, 2.05) is 18.2 Å². The number of halogens is 2. The van der Waals surface area contributed by atoms with Gasteiger partial charge in [-0.15, -0.1) is 36.2 Å². The molecule has 0 unspecified atom stereocenters. The number of aromatic nitrogens is 2. The smallest absolute Gasteiger partial charge is 0.263 e. The molecular formula is C15H20Cl2N4OS. The molecule has 0 spiro atoms. The van der Waals surface area contributed by atoms with Crippen LogP contribution in [0.2, 0.25) is 0 Å². The lowest BCUT2D eigenvalue weighted by Crippen LogP contribution is -2.51. The van der Waals surface area contributed by atoms with Gasteiger partial charge in [-0.2, -0.15) is 0 Å². The van der Waals surface area contributed by atoms with E-state index in [9.17, 15) is 4.79 Å². The molecule has 0 aromatic carbocycles. The molecule has 3 rings (SSSR count). The minimum absolute atomic E-state index is 0. The Morgan fingerprint density at radius 1 is 1.26 bits per heavy atom. The first-order chi connectivity index (χ1) is 10.2. The summed E-state index contributed by atoms with van der Waals surface area (Å²) in [6, 6.07) is 5.65. The lowest BCUT2D eigenvalue weighted by molar-refractivity contribution is 0.0907. The van der Waals surface area contributed by atoms with E-state index in [0.29, 0.717) is 11.4 Å². The summed E-state index contributed by atoms with van der Waals surface area (Å²) in [4.78, 5) is 21.5. The number of hydrogen-bond donors (Lipinski definition) is 2. The van der Waals surface area contributed by atoms with E-state index in [1.165, 1.54) is 11.3 Å². The largest absolute Gasteiger partial charge is 0.345 e. The van der Waals surface area contributed by atoms with Gasteiger partial charge in [0.05, 0.1) is 17.4 Å². The molecule has 1 fully saturated rings. The number of carbonyl (C=O) groups is 1. The lowest BCUT2D eigenvalue weighted by atomic mass is 9.98. The van der Waals surface area contributed by atoms with E-state index < -0.39 is 0 Å². The molecule has 5 nitrogen and oxygen atoms in total. The summed E-state index contributed by atoms with van der Waals surface area (Å²) in [5.74, 6) is -0.0815. The molecule has 8 heteroatoms. The van der Waals surface area contributed by atoms with Crippen LogP contribution in [0.25, 0.3) is 10.7 Å². The summed E-state index contributed by atoms with van der Waals surface area (Å²) in [5.41, 5.74) is 6.41. The van der Waals surface area contributed by atoms with E-state index in [2.05, 4.69) is 15.3 Å². The van der Waals surface area contributed by atoms with Gasteiger partial charge in [0.25, 0.3) is 5.91 Å². The van der Waals surface area contributed by atoms with Crippen LogP contribution in [0.4, 0.5) is 0 Å². The molecule has 1 aliphatic rings. The molecule has 0 bridgehead atoms. The molecule has 3 N–H and O–H groups in total. The summed E-state index contributed by atoms with van der Waals surface area (Å²) >= 11 is 1.36. The van der Waals surface area contributed by atoms with Gasteiger partial charge in [0.2, 0.25) is 0 Å². The van der Waals surface area contributed by atoms with Crippen molar-refractivity contribution in [1.29, 1.82) is 0 Å². The van der Waals surface area contributed by atoms with Crippen LogP contribution in [-0.2, 0) is 0 Å². The molecule has 0 aliphatic heterocycles. The Bertz CT molecular complexity index is 629. The van der Waals surface area contributed by atoms with Crippen molar-refractivity contribution >= 4 is 42.1 Å². The Labute approximate surface area is 151 Å². The number of nitrogens with one attached hydrogen (secondary N) is 1. The lowest BCUT2D eigenvalue weighted by Gasteiger charge is -2.28. The van der Waals surface area contributed by atoms with Crippen LogP contribution in [0.1, 0.15) is 35.4 Å². The number of nitrogens with zero attached hydrogens (tertiary/aromatic N) is 2. The minimum atomic E-state index is -0.230. The van der Waals surface area contributed by atoms with Gasteiger partial charge in [-0.1, -0.05) is 18.9 Å². The SMILES string of the molecule is Cl.Cl.NCC1(NC(=O)c2cnc(-c3ccccn3)s2)CCCC1. The van der Waals surface area contributed by atoms with Gasteiger partial charge >= 0.3 is 0 Å². The summed E-state index contributed by atoms with van der Waals surface area (Å²) in [7, 11) is 0. The van der Waals surface area contributed by atoms with E-state index in [1.54, 1.807) is 12.4 Å². The predicted molar refractivity (Wildman–Crippen MR) is 97.6 cm³/mol. The summed E-state index contributed by atoms with van der Waals surface area (Å²) in [6.45, 7) is 0.491. The molecular weight excluding hydrogens is 355 g/mol. The third-order valence-corrected chi connectivity index (χ3v) is 4.96. The molecule has 2 heterocycles. The Hall–Kier alpha value is -1.21. The van der Waals surface area contributed by atoms with Crippen LogP contribution < -0.4 is 11.1 Å². The molecule has 1 amide bonds. The topological polar surface area (TPSA) is 80.9 Å². The van der Waals surface area contributed by atoms with Gasteiger partial charge in [0, 0.05) is 12.7 Å². The zero-order chi connectivity index (χ0) is 14.7. The van der Waals surface area contributed by atoms with Gasteiger partial charge in [-0.05, 0) is 25.0 Å². The van der Waals surface area contributed by atoms with Gasteiger partial charge < -0.3 is 11.1 Å². The fourth-order valence-electron chi connectivity index (χ4n) is 2.72. The van der Waals surface area contributed by atoms with Crippen molar-refractivity contribution < 1.29 is 4.79 Å². The molecule has 23 heavy (non-hydrogen) atoms. The normalized spacial score (nSPS) is 15.3. The van der Waals surface area contributed by atoms with E-state index in [0.717, 1.165) is 36.4 Å². The molecule has 2 aromatic rings. The fourth-order valence-corrected chi connectivity index (χ4v) is 3.51. The second-order valence-electron chi connectivity index (χ2n) is 5.39.